The Labute approximate surface area is 226 Å². The molecular formula is C28H24O8S2. The van der Waals surface area contributed by atoms with Crippen molar-refractivity contribution in [2.24, 2.45) is 0 Å². The molecule has 0 radical (unpaired) electrons. The number of ether oxygens (including phenoxy) is 4. The molecule has 0 N–H and O–H groups in total. The molecule has 10 heteroatoms. The Hall–Kier alpha value is -4.02. The maximum Gasteiger partial charge on any atom is 0.348 e. The molecule has 0 aliphatic heterocycles. The summed E-state index contributed by atoms with van der Waals surface area (Å²) in [6, 6.07) is 13.5. The molecule has 0 bridgehead atoms. The summed E-state index contributed by atoms with van der Waals surface area (Å²) in [5.41, 5.74) is 1.75. The molecule has 2 heterocycles. The highest BCUT2D eigenvalue weighted by Crippen LogP contribution is 2.43. The van der Waals surface area contributed by atoms with Gasteiger partial charge in [-0.2, -0.15) is 0 Å². The minimum Gasteiger partial charge on any atom is -0.488 e. The molecule has 0 atom stereocenters. The lowest BCUT2D eigenvalue weighted by molar-refractivity contribution is 0.0520. The fourth-order valence-corrected chi connectivity index (χ4v) is 6.39. The third kappa shape index (κ3) is 5.61. The van der Waals surface area contributed by atoms with Gasteiger partial charge in [-0.1, -0.05) is 24.3 Å². The number of fused-ring (bicyclic) bond motifs is 1. The van der Waals surface area contributed by atoms with Crippen LogP contribution in [0.25, 0.3) is 9.40 Å². The molecule has 0 amide bonds. The standard InChI is InChI=1S/C28H24O8S2/c1-3-33-26(31)24-19(15-35-21-11-7-5-9-17(21)13-29)23-20(16-36-22-12-8-6-10-18(22)14-30)25(27(32)34-4-2)38-28(23)37-24/h5-14H,3-4,15-16H2,1-2H3. The van der Waals surface area contributed by atoms with Gasteiger partial charge < -0.3 is 18.9 Å². The van der Waals surface area contributed by atoms with Crippen molar-refractivity contribution in [2.45, 2.75) is 27.1 Å². The first-order chi connectivity index (χ1) is 18.5. The largest absolute Gasteiger partial charge is 0.488 e. The fourth-order valence-electron chi connectivity index (χ4n) is 3.80. The number of carbonyl (C=O) groups excluding carboxylic acids is 4. The number of rotatable bonds is 12. The summed E-state index contributed by atoms with van der Waals surface area (Å²) < 4.78 is 23.2. The number of carbonyl (C=O) groups is 4. The average molecular weight is 553 g/mol. The first-order valence-corrected chi connectivity index (χ1v) is 13.4. The molecule has 0 unspecified atom stereocenters. The van der Waals surface area contributed by atoms with Crippen molar-refractivity contribution >= 4 is 56.6 Å². The van der Waals surface area contributed by atoms with Crippen LogP contribution in [0, 0.1) is 0 Å². The van der Waals surface area contributed by atoms with E-state index in [1.165, 1.54) is 22.7 Å². The Morgan fingerprint density at radius 2 is 1.13 bits per heavy atom. The van der Waals surface area contributed by atoms with Crippen LogP contribution in [0.3, 0.4) is 0 Å². The molecule has 0 fully saturated rings. The molecule has 196 valence electrons. The van der Waals surface area contributed by atoms with Crippen LogP contribution < -0.4 is 9.47 Å². The zero-order chi connectivity index (χ0) is 27.1. The van der Waals surface area contributed by atoms with Gasteiger partial charge in [-0.3, -0.25) is 9.59 Å². The lowest BCUT2D eigenvalue weighted by Gasteiger charge is -2.12. The molecule has 8 nitrogen and oxygen atoms in total. The number of aldehydes is 2. The minimum absolute atomic E-state index is 0.0596. The predicted molar refractivity (Wildman–Crippen MR) is 144 cm³/mol. The van der Waals surface area contributed by atoms with Crippen LogP contribution in [0.15, 0.2) is 48.5 Å². The summed E-state index contributed by atoms with van der Waals surface area (Å²) in [4.78, 5) is 49.4. The van der Waals surface area contributed by atoms with E-state index < -0.39 is 11.9 Å². The number of para-hydroxylation sites is 2. The van der Waals surface area contributed by atoms with Gasteiger partial charge in [0.2, 0.25) is 0 Å². The highest BCUT2D eigenvalue weighted by Gasteiger charge is 2.29. The molecule has 0 spiro atoms. The summed E-state index contributed by atoms with van der Waals surface area (Å²) >= 11 is 2.38. The van der Waals surface area contributed by atoms with Crippen LogP contribution in [0.2, 0.25) is 0 Å². The molecular weight excluding hydrogens is 528 g/mol. The number of thiophene rings is 2. The first kappa shape index (κ1) is 27.0. The van der Waals surface area contributed by atoms with Crippen molar-refractivity contribution < 1.29 is 38.1 Å². The lowest BCUT2D eigenvalue weighted by Crippen LogP contribution is -2.10. The van der Waals surface area contributed by atoms with Gasteiger partial charge >= 0.3 is 11.9 Å². The quantitative estimate of drug-likeness (QED) is 0.153. The van der Waals surface area contributed by atoms with Crippen molar-refractivity contribution in [3.8, 4) is 11.5 Å². The SMILES string of the molecule is CCOC(=O)c1sc2sc(C(=O)OCC)c(COc3ccccc3C=O)c2c1COc1ccccc1C=O. The molecule has 4 rings (SSSR count). The molecule has 0 aliphatic rings. The van der Waals surface area contributed by atoms with Gasteiger partial charge in [0, 0.05) is 16.5 Å². The van der Waals surface area contributed by atoms with Crippen molar-refractivity contribution in [2.75, 3.05) is 13.2 Å². The van der Waals surface area contributed by atoms with Gasteiger partial charge in [0.15, 0.2) is 12.6 Å². The lowest BCUT2D eigenvalue weighted by atomic mass is 10.1. The van der Waals surface area contributed by atoms with E-state index in [2.05, 4.69) is 0 Å². The third-order valence-electron chi connectivity index (χ3n) is 5.50. The second-order valence-corrected chi connectivity index (χ2v) is 10.1. The monoisotopic (exact) mass is 552 g/mol. The maximum atomic E-state index is 12.9. The van der Waals surface area contributed by atoms with E-state index in [-0.39, 0.29) is 26.4 Å². The third-order valence-corrected chi connectivity index (χ3v) is 8.02. The van der Waals surface area contributed by atoms with Crippen molar-refractivity contribution in [1.82, 2.24) is 0 Å². The molecule has 4 aromatic rings. The zero-order valence-corrected chi connectivity index (χ0v) is 22.3. The highest BCUT2D eigenvalue weighted by molar-refractivity contribution is 7.40. The van der Waals surface area contributed by atoms with E-state index in [1.807, 2.05) is 0 Å². The average Bonchev–Trinajstić information content (AvgIpc) is 3.47. The van der Waals surface area contributed by atoms with E-state index in [9.17, 15) is 19.2 Å². The second-order valence-electron chi connectivity index (χ2n) is 7.81. The van der Waals surface area contributed by atoms with Gasteiger partial charge in [0.1, 0.15) is 34.5 Å². The van der Waals surface area contributed by atoms with E-state index in [4.69, 9.17) is 18.9 Å². The summed E-state index contributed by atoms with van der Waals surface area (Å²) in [6.07, 6.45) is 1.38. The van der Waals surface area contributed by atoms with E-state index in [0.29, 0.717) is 65.5 Å². The number of hydrogen-bond donors (Lipinski definition) is 0. The summed E-state index contributed by atoms with van der Waals surface area (Å²) in [5, 5.41) is 0.623. The Kier molecular flexibility index (Phi) is 8.88. The van der Waals surface area contributed by atoms with Gasteiger partial charge in [-0.15, -0.1) is 22.7 Å². The van der Waals surface area contributed by atoms with Crippen LogP contribution in [0.5, 0.6) is 11.5 Å². The summed E-state index contributed by atoms with van der Waals surface area (Å²) in [7, 11) is 0. The van der Waals surface area contributed by atoms with Crippen LogP contribution in [0.1, 0.15) is 65.0 Å². The Morgan fingerprint density at radius 3 is 1.53 bits per heavy atom. The Balaban J connectivity index is 1.82. The van der Waals surface area contributed by atoms with E-state index in [1.54, 1.807) is 62.4 Å². The Bertz CT molecular complexity index is 1380. The predicted octanol–water partition coefficient (Wildman–Crippen LogP) is 6.10. The summed E-state index contributed by atoms with van der Waals surface area (Å²) in [5.74, 6) is -0.316. The van der Waals surface area contributed by atoms with Crippen molar-refractivity contribution in [3.63, 3.8) is 0 Å². The van der Waals surface area contributed by atoms with Crippen LogP contribution in [-0.4, -0.2) is 37.7 Å². The number of benzene rings is 2. The molecule has 0 aliphatic carbocycles. The second kappa shape index (κ2) is 12.5. The topological polar surface area (TPSA) is 105 Å². The smallest absolute Gasteiger partial charge is 0.348 e. The van der Waals surface area contributed by atoms with E-state index >= 15 is 0 Å². The van der Waals surface area contributed by atoms with Gasteiger partial charge in [-0.05, 0) is 38.1 Å². The molecule has 2 aromatic heterocycles. The maximum absolute atomic E-state index is 12.9. The van der Waals surface area contributed by atoms with Gasteiger partial charge in [-0.25, -0.2) is 9.59 Å². The van der Waals surface area contributed by atoms with Crippen LogP contribution >= 0.6 is 22.7 Å². The minimum atomic E-state index is -0.515. The van der Waals surface area contributed by atoms with E-state index in [0.717, 1.165) is 0 Å². The fraction of sp³-hybridized carbons (Fsp3) is 0.214. The molecule has 38 heavy (non-hydrogen) atoms. The Morgan fingerprint density at radius 1 is 0.711 bits per heavy atom. The van der Waals surface area contributed by atoms with Crippen LogP contribution in [-0.2, 0) is 22.7 Å². The normalized spacial score (nSPS) is 10.7. The zero-order valence-electron chi connectivity index (χ0n) is 20.7. The first-order valence-electron chi connectivity index (χ1n) is 11.8. The van der Waals surface area contributed by atoms with Crippen molar-refractivity contribution in [1.29, 1.82) is 0 Å². The highest BCUT2D eigenvalue weighted by atomic mass is 32.2. The number of hydrogen-bond acceptors (Lipinski definition) is 10. The molecule has 0 saturated carbocycles. The number of esters is 2. The van der Waals surface area contributed by atoms with Crippen molar-refractivity contribution in [3.05, 3.63) is 80.5 Å². The molecule has 0 saturated heterocycles. The van der Waals surface area contributed by atoms with Gasteiger partial charge in [0.25, 0.3) is 0 Å². The molecule has 2 aromatic carbocycles. The van der Waals surface area contributed by atoms with Crippen LogP contribution in [0.4, 0.5) is 0 Å². The summed E-state index contributed by atoms with van der Waals surface area (Å²) in [6.45, 7) is 3.68. The van der Waals surface area contributed by atoms with Gasteiger partial charge in [0.05, 0.1) is 28.4 Å².